The number of ether oxygens (including phenoxy) is 2. The average molecular weight is 507 g/mol. The summed E-state index contributed by atoms with van der Waals surface area (Å²) in [4.78, 5) is 22.4. The second kappa shape index (κ2) is 15.9. The number of hydrogen-bond acceptors (Lipinski definition) is 5. The molecule has 0 aromatic heterocycles. The van der Waals surface area contributed by atoms with Gasteiger partial charge in [0, 0.05) is 0 Å². The van der Waals surface area contributed by atoms with Gasteiger partial charge in [0.1, 0.15) is 0 Å². The van der Waals surface area contributed by atoms with Crippen LogP contribution >= 0.6 is 12.4 Å². The van der Waals surface area contributed by atoms with Crippen LogP contribution in [0.1, 0.15) is 65.7 Å². The number of carbonyl (C=O) groups excluding carboxylic acids is 2. The maximum atomic E-state index is 11.3. The molecular formula is C19H38ClINO4-. The van der Waals surface area contributed by atoms with Crippen LogP contribution in [0.15, 0.2) is 0 Å². The number of rotatable bonds is 4. The Bertz CT molecular complexity index is 396. The molecule has 0 saturated heterocycles. The van der Waals surface area contributed by atoms with Crippen molar-refractivity contribution in [2.45, 2.75) is 65.7 Å². The molecule has 4 atom stereocenters. The van der Waals surface area contributed by atoms with E-state index in [-0.39, 0.29) is 65.1 Å². The Morgan fingerprint density at radius 1 is 0.962 bits per heavy atom. The van der Waals surface area contributed by atoms with Gasteiger partial charge in [-0.1, -0.05) is 27.2 Å². The van der Waals surface area contributed by atoms with Gasteiger partial charge >= 0.3 is 96.0 Å². The maximum absolute atomic E-state index is 11.3. The molecule has 0 bridgehead atoms. The predicted molar refractivity (Wildman–Crippen MR) is 104 cm³/mol. The molecule has 0 unspecified atom stereocenters. The monoisotopic (exact) mass is 506 g/mol. The fourth-order valence-corrected chi connectivity index (χ4v) is 5.27. The van der Waals surface area contributed by atoms with Crippen LogP contribution in [0.3, 0.4) is 0 Å². The van der Waals surface area contributed by atoms with Crippen LogP contribution in [0, 0.1) is 23.7 Å². The number of methoxy groups -OCH3 is 2. The first-order chi connectivity index (χ1) is 11.5. The molecule has 0 radical (unpaired) electrons. The Kier molecular flexibility index (Phi) is 17.2. The van der Waals surface area contributed by atoms with Crippen molar-refractivity contribution >= 4 is 24.3 Å². The Morgan fingerprint density at radius 2 is 1.46 bits per heavy atom. The molecule has 0 amide bonds. The first-order valence-electron chi connectivity index (χ1n) is 8.95. The molecule has 26 heavy (non-hydrogen) atoms. The summed E-state index contributed by atoms with van der Waals surface area (Å²) in [6.45, 7) is 2.20. The van der Waals surface area contributed by atoms with Crippen molar-refractivity contribution in [3.05, 3.63) is 0 Å². The second-order valence-electron chi connectivity index (χ2n) is 7.05. The number of alkyl halides is 1. The molecule has 2 N–H and O–H groups in total. The van der Waals surface area contributed by atoms with Gasteiger partial charge in [-0.2, -0.15) is 0 Å². The van der Waals surface area contributed by atoms with Crippen molar-refractivity contribution in [1.82, 2.24) is 0 Å². The molecule has 0 spiro atoms. The summed E-state index contributed by atoms with van der Waals surface area (Å²) in [5.41, 5.74) is 0. The summed E-state index contributed by atoms with van der Waals surface area (Å²) in [7, 11) is 2.95. The molecule has 7 heteroatoms. The fourth-order valence-electron chi connectivity index (χ4n) is 3.75. The first kappa shape index (κ1) is 28.1. The van der Waals surface area contributed by atoms with Crippen molar-refractivity contribution < 1.29 is 40.5 Å². The fraction of sp³-hybridized carbons (Fsp3) is 0.895. The van der Waals surface area contributed by atoms with Gasteiger partial charge in [0.25, 0.3) is 0 Å². The van der Waals surface area contributed by atoms with Crippen LogP contribution in [0.25, 0.3) is 0 Å². The number of nitrogens with two attached hydrogens (primary N) is 1. The van der Waals surface area contributed by atoms with Gasteiger partial charge in [-0.3, -0.25) is 4.79 Å². The number of halogens is 2. The SMILES string of the molecule is C.COC(=O)[C@H]1CCC[C@@H](C)C1.COC(=O)[C@H]1CCC[C@@H](C[I-]N)C1.Cl. The zero-order chi connectivity index (χ0) is 17.9. The summed E-state index contributed by atoms with van der Waals surface area (Å²) in [5.74, 6) is 1.68. The Balaban J connectivity index is 0. The molecule has 0 aromatic carbocycles. The molecule has 0 aliphatic heterocycles. The first-order valence-corrected chi connectivity index (χ1v) is 11.7. The minimum atomic E-state index is -0.114. The van der Waals surface area contributed by atoms with Gasteiger partial charge in [0.05, 0.1) is 13.0 Å². The normalized spacial score (nSPS) is 27.7. The third-order valence-corrected chi connectivity index (χ3v) is 6.85. The molecule has 0 aromatic rings. The molecule has 5 nitrogen and oxygen atoms in total. The van der Waals surface area contributed by atoms with E-state index in [1.807, 2.05) is 0 Å². The van der Waals surface area contributed by atoms with Crippen molar-refractivity contribution in [3.63, 3.8) is 0 Å². The van der Waals surface area contributed by atoms with E-state index >= 15 is 0 Å². The second-order valence-corrected chi connectivity index (χ2v) is 8.81. The summed E-state index contributed by atoms with van der Waals surface area (Å²) in [5, 5.41) is 0. The standard InChI is InChI=1S/C9H17INO2.C9H16O2.CH4.ClH/c1-13-9(12)8-4-2-3-7(5-8)6-10-11;1-7-4-3-5-8(6-7)9(10)11-2;;/h7-8H,2-6,11H2,1H3;7-8H,3-6H2,1-2H3;1H4;1H/q-1;;;/t2*7-,8+;;/m11../s1. The van der Waals surface area contributed by atoms with Crippen LogP contribution in [0.2, 0.25) is 0 Å². The van der Waals surface area contributed by atoms with Crippen LogP contribution in [-0.2, 0) is 19.1 Å². The van der Waals surface area contributed by atoms with E-state index in [4.69, 9.17) is 13.4 Å². The van der Waals surface area contributed by atoms with E-state index in [9.17, 15) is 9.59 Å². The molecule has 158 valence electrons. The van der Waals surface area contributed by atoms with E-state index < -0.39 is 0 Å². The Labute approximate surface area is 176 Å². The number of hydrogen-bond donors (Lipinski definition) is 1. The molecular weight excluding hydrogens is 469 g/mol. The quantitative estimate of drug-likeness (QED) is 0.266. The van der Waals surface area contributed by atoms with Crippen LogP contribution < -0.4 is 25.4 Å². The van der Waals surface area contributed by atoms with Crippen molar-refractivity contribution in [3.8, 4) is 0 Å². The summed E-state index contributed by atoms with van der Waals surface area (Å²) in [6.07, 6.45) is 8.92. The van der Waals surface area contributed by atoms with E-state index in [2.05, 4.69) is 6.92 Å². The number of carbonyl (C=O) groups is 2. The molecule has 2 aliphatic rings. The van der Waals surface area contributed by atoms with E-state index in [0.29, 0.717) is 11.8 Å². The molecule has 2 aliphatic carbocycles. The summed E-state index contributed by atoms with van der Waals surface area (Å²) in [6, 6.07) is 0. The Hall–Kier alpha value is -0.0800. The van der Waals surface area contributed by atoms with Crippen molar-refractivity contribution in [1.29, 1.82) is 0 Å². The zero-order valence-corrected chi connectivity index (χ0v) is 18.6. The van der Waals surface area contributed by atoms with Crippen LogP contribution in [-0.4, -0.2) is 30.6 Å². The maximum Gasteiger partial charge on any atom is -0.147 e. The van der Waals surface area contributed by atoms with Crippen molar-refractivity contribution in [2.75, 3.05) is 18.6 Å². The van der Waals surface area contributed by atoms with Gasteiger partial charge in [-0.25, -0.2) is 0 Å². The van der Waals surface area contributed by atoms with Gasteiger partial charge in [0.2, 0.25) is 0 Å². The van der Waals surface area contributed by atoms with E-state index in [1.54, 1.807) is 0 Å². The van der Waals surface area contributed by atoms with Gasteiger partial charge < -0.3 is 4.74 Å². The van der Waals surface area contributed by atoms with Crippen LogP contribution in [0.5, 0.6) is 0 Å². The third kappa shape index (κ3) is 10.3. The molecule has 2 saturated carbocycles. The zero-order valence-electron chi connectivity index (χ0n) is 15.7. The largest absolute Gasteiger partial charge is 0.147 e. The molecule has 0 heterocycles. The molecule has 2 rings (SSSR count). The van der Waals surface area contributed by atoms with Gasteiger partial charge in [-0.15, -0.1) is 12.4 Å². The minimum Gasteiger partial charge on any atom is -0.147 e. The minimum absolute atomic E-state index is 0. The predicted octanol–water partition coefficient (Wildman–Crippen LogP) is 0.972. The van der Waals surface area contributed by atoms with E-state index in [0.717, 1.165) is 36.5 Å². The smallest absolute Gasteiger partial charge is 0.147 e. The van der Waals surface area contributed by atoms with Gasteiger partial charge in [0.15, 0.2) is 0 Å². The number of esters is 2. The summed E-state index contributed by atoms with van der Waals surface area (Å²) < 4.78 is 16.2. The Morgan fingerprint density at radius 3 is 1.92 bits per heavy atom. The summed E-state index contributed by atoms with van der Waals surface area (Å²) >= 11 is -0.114. The van der Waals surface area contributed by atoms with Crippen LogP contribution in [0.4, 0.5) is 0 Å². The average Bonchev–Trinajstić information content (AvgIpc) is 2.61. The van der Waals surface area contributed by atoms with Crippen molar-refractivity contribution in [2.24, 2.45) is 27.6 Å². The topological polar surface area (TPSA) is 78.6 Å². The van der Waals surface area contributed by atoms with Gasteiger partial charge in [-0.05, 0) is 18.8 Å². The third-order valence-electron chi connectivity index (χ3n) is 5.10. The molecule has 2 fully saturated rings. The van der Waals surface area contributed by atoms with E-state index in [1.165, 1.54) is 33.5 Å².